The fourth-order valence-electron chi connectivity index (χ4n) is 1.25. The molecule has 0 unspecified atom stereocenters. The molecule has 0 aliphatic carbocycles. The van der Waals surface area contributed by atoms with Gasteiger partial charge in [-0.25, -0.2) is 0 Å². The monoisotopic (exact) mass is 403 g/mol. The first-order valence-corrected chi connectivity index (χ1v) is 7.30. The number of nitriles is 1. The van der Waals surface area contributed by atoms with Gasteiger partial charge in [0.05, 0.1) is 28.0 Å². The third-order valence-electron chi connectivity index (χ3n) is 2.04. The Bertz CT molecular complexity index is 671. The molecular formula is C15H18ClN3O8. The number of aliphatic hydroxyl groups is 2. The van der Waals surface area contributed by atoms with Crippen LogP contribution >= 0.6 is 11.6 Å². The number of halogens is 1. The van der Waals surface area contributed by atoms with E-state index in [9.17, 15) is 9.59 Å². The second kappa shape index (κ2) is 14.0. The van der Waals surface area contributed by atoms with Crippen molar-refractivity contribution < 1.29 is 39.6 Å². The maximum atomic E-state index is 11.1. The number of carbonyl (C=O) groups excluding carboxylic acids is 2. The first-order chi connectivity index (χ1) is 12.5. The molecule has 0 saturated carbocycles. The van der Waals surface area contributed by atoms with Crippen LogP contribution in [-0.4, -0.2) is 57.4 Å². The molecule has 0 aliphatic rings. The average Bonchev–Trinajstić information content (AvgIpc) is 2.56. The van der Waals surface area contributed by atoms with E-state index in [1.54, 1.807) is 0 Å². The number of carboxylic acid groups (broad SMARTS) is 2. The van der Waals surface area contributed by atoms with E-state index in [1.807, 2.05) is 6.07 Å². The van der Waals surface area contributed by atoms with Crippen molar-refractivity contribution in [3.63, 3.8) is 0 Å². The van der Waals surface area contributed by atoms with Crippen molar-refractivity contribution >= 4 is 46.7 Å². The van der Waals surface area contributed by atoms with Gasteiger partial charge in [-0.15, -0.1) is 0 Å². The summed E-state index contributed by atoms with van der Waals surface area (Å²) < 4.78 is 0. The smallest absolute Gasteiger partial charge is 0.300 e. The summed E-state index contributed by atoms with van der Waals surface area (Å²) in [5.41, 5.74) is 0.298. The first-order valence-electron chi connectivity index (χ1n) is 6.92. The standard InChI is InChI=1S/C11H10ClN3O4.2C2H4O2/c12-11-7(14-9(18)4-16)1-6(3-13)2-8(11)15-10(19)5-17;2*1-2(3)4/h1-2,16-17H,4-5H2,(H,14,18)(H,15,19);2*1H3,(H,3,4). The number of nitrogens with one attached hydrogen (secondary N) is 2. The molecule has 148 valence electrons. The summed E-state index contributed by atoms with van der Waals surface area (Å²) in [4.78, 5) is 40.2. The van der Waals surface area contributed by atoms with E-state index in [-0.39, 0.29) is 22.0 Å². The fourth-order valence-corrected chi connectivity index (χ4v) is 1.45. The summed E-state index contributed by atoms with van der Waals surface area (Å²) in [7, 11) is 0. The van der Waals surface area contributed by atoms with Crippen LogP contribution in [0.5, 0.6) is 0 Å². The van der Waals surface area contributed by atoms with Gasteiger partial charge in [0.2, 0.25) is 11.8 Å². The summed E-state index contributed by atoms with van der Waals surface area (Å²) in [6.07, 6.45) is 0. The van der Waals surface area contributed by atoms with E-state index in [1.165, 1.54) is 12.1 Å². The minimum atomic E-state index is -0.833. The summed E-state index contributed by atoms with van der Waals surface area (Å²) in [5.74, 6) is -3.09. The molecule has 0 heterocycles. The second-order valence-electron chi connectivity index (χ2n) is 4.45. The van der Waals surface area contributed by atoms with Gasteiger partial charge in [0, 0.05) is 13.8 Å². The quantitative estimate of drug-likeness (QED) is 0.408. The van der Waals surface area contributed by atoms with Gasteiger partial charge in [0.1, 0.15) is 13.2 Å². The molecule has 0 fully saturated rings. The first kappa shape index (κ1) is 26.0. The maximum Gasteiger partial charge on any atom is 0.300 e. The van der Waals surface area contributed by atoms with E-state index in [0.717, 1.165) is 13.8 Å². The predicted molar refractivity (Wildman–Crippen MR) is 94.2 cm³/mol. The number of aliphatic carboxylic acids is 2. The van der Waals surface area contributed by atoms with E-state index in [4.69, 9.17) is 46.9 Å². The van der Waals surface area contributed by atoms with Crippen LogP contribution in [0.25, 0.3) is 0 Å². The lowest BCUT2D eigenvalue weighted by atomic mass is 10.2. The number of nitrogens with zero attached hydrogens (tertiary/aromatic N) is 1. The number of hydrogen-bond donors (Lipinski definition) is 6. The molecule has 11 nitrogen and oxygen atoms in total. The lowest BCUT2D eigenvalue weighted by Gasteiger charge is -2.11. The normalized spacial score (nSPS) is 8.59. The second-order valence-corrected chi connectivity index (χ2v) is 4.83. The van der Waals surface area contributed by atoms with Gasteiger partial charge in [0.15, 0.2) is 0 Å². The zero-order valence-electron chi connectivity index (χ0n) is 14.3. The van der Waals surface area contributed by atoms with Crippen molar-refractivity contribution in [1.82, 2.24) is 0 Å². The van der Waals surface area contributed by atoms with E-state index < -0.39 is 37.0 Å². The fraction of sp³-hybridized carbons (Fsp3) is 0.267. The minimum Gasteiger partial charge on any atom is -0.481 e. The highest BCUT2D eigenvalue weighted by Crippen LogP contribution is 2.31. The van der Waals surface area contributed by atoms with Crippen LogP contribution in [0.1, 0.15) is 19.4 Å². The molecule has 0 radical (unpaired) electrons. The number of benzene rings is 1. The molecule has 0 atom stereocenters. The van der Waals surface area contributed by atoms with E-state index >= 15 is 0 Å². The van der Waals surface area contributed by atoms with Gasteiger partial charge >= 0.3 is 0 Å². The van der Waals surface area contributed by atoms with Crippen LogP contribution in [-0.2, 0) is 19.2 Å². The molecule has 0 aromatic heterocycles. The summed E-state index contributed by atoms with van der Waals surface area (Å²) in [5, 5.41) is 45.5. The zero-order valence-corrected chi connectivity index (χ0v) is 15.1. The molecule has 1 aromatic rings. The van der Waals surface area contributed by atoms with Crippen LogP contribution in [0.2, 0.25) is 5.02 Å². The van der Waals surface area contributed by atoms with Crippen molar-refractivity contribution in [1.29, 1.82) is 5.26 Å². The lowest BCUT2D eigenvalue weighted by Crippen LogP contribution is -2.18. The minimum absolute atomic E-state index is 0.0115. The van der Waals surface area contributed by atoms with Crippen molar-refractivity contribution in [2.75, 3.05) is 23.8 Å². The third-order valence-corrected chi connectivity index (χ3v) is 2.44. The Kier molecular flexibility index (Phi) is 13.5. The average molecular weight is 404 g/mol. The number of rotatable bonds is 4. The Hall–Kier alpha value is -3.20. The topological polar surface area (TPSA) is 197 Å². The Morgan fingerprint density at radius 1 is 0.963 bits per heavy atom. The molecule has 6 N–H and O–H groups in total. The molecule has 1 aromatic carbocycles. The van der Waals surface area contributed by atoms with Crippen LogP contribution in [0.4, 0.5) is 11.4 Å². The molecule has 0 bridgehead atoms. The Balaban J connectivity index is 0. The molecule has 27 heavy (non-hydrogen) atoms. The zero-order chi connectivity index (χ0) is 21.6. The summed E-state index contributed by atoms with van der Waals surface area (Å²) >= 11 is 5.94. The SMILES string of the molecule is CC(=O)O.CC(=O)O.N#Cc1cc(NC(=O)CO)c(Cl)c(NC(=O)CO)c1. The Morgan fingerprint density at radius 2 is 1.26 bits per heavy atom. The van der Waals surface area contributed by atoms with Crippen LogP contribution in [0.15, 0.2) is 12.1 Å². The molecule has 1 rings (SSSR count). The van der Waals surface area contributed by atoms with Crippen LogP contribution in [0, 0.1) is 11.3 Å². The maximum absolute atomic E-state index is 11.1. The molecule has 0 saturated heterocycles. The van der Waals surface area contributed by atoms with Gasteiger partial charge in [-0.05, 0) is 12.1 Å². The van der Waals surface area contributed by atoms with Crippen molar-refractivity contribution in [2.45, 2.75) is 13.8 Å². The molecule has 2 amide bonds. The number of carboxylic acids is 2. The summed E-state index contributed by atoms with van der Waals surface area (Å²) in [6, 6.07) is 4.42. The highest BCUT2D eigenvalue weighted by Gasteiger charge is 2.13. The lowest BCUT2D eigenvalue weighted by molar-refractivity contribution is -0.135. The van der Waals surface area contributed by atoms with Gasteiger partial charge in [0.25, 0.3) is 11.9 Å². The summed E-state index contributed by atoms with van der Waals surface area (Å²) in [6.45, 7) is 0.677. The number of aliphatic hydroxyl groups excluding tert-OH is 2. The molecular weight excluding hydrogens is 386 g/mol. The van der Waals surface area contributed by atoms with E-state index in [2.05, 4.69) is 10.6 Å². The van der Waals surface area contributed by atoms with E-state index in [0.29, 0.717) is 0 Å². The largest absolute Gasteiger partial charge is 0.481 e. The number of amides is 2. The number of hydrogen-bond acceptors (Lipinski definition) is 7. The van der Waals surface area contributed by atoms with Gasteiger partial charge in [-0.1, -0.05) is 11.6 Å². The van der Waals surface area contributed by atoms with Gasteiger partial charge in [-0.3, -0.25) is 19.2 Å². The third kappa shape index (κ3) is 13.7. The van der Waals surface area contributed by atoms with Crippen LogP contribution in [0.3, 0.4) is 0 Å². The molecule has 12 heteroatoms. The molecule has 0 aliphatic heterocycles. The Morgan fingerprint density at radius 3 is 1.48 bits per heavy atom. The molecule has 0 spiro atoms. The predicted octanol–water partition coefficient (Wildman–Crippen LogP) is 0.255. The van der Waals surface area contributed by atoms with Crippen LogP contribution < -0.4 is 10.6 Å². The number of anilines is 2. The highest BCUT2D eigenvalue weighted by molar-refractivity contribution is 6.37. The van der Waals surface area contributed by atoms with Crippen molar-refractivity contribution in [3.05, 3.63) is 22.7 Å². The van der Waals surface area contributed by atoms with Gasteiger partial charge in [-0.2, -0.15) is 5.26 Å². The Labute approximate surface area is 158 Å². The number of carbonyl (C=O) groups is 4. The van der Waals surface area contributed by atoms with Crippen molar-refractivity contribution in [3.8, 4) is 6.07 Å². The highest BCUT2D eigenvalue weighted by atomic mass is 35.5. The van der Waals surface area contributed by atoms with Crippen molar-refractivity contribution in [2.24, 2.45) is 0 Å². The van der Waals surface area contributed by atoms with Gasteiger partial charge < -0.3 is 31.1 Å².